The largest absolute Gasteiger partial charge is 0.573 e. The number of benzene rings is 1. The normalized spacial score (nSPS) is 11.2. The fourth-order valence-electron chi connectivity index (χ4n) is 1.46. The van der Waals surface area contributed by atoms with E-state index in [0.29, 0.717) is 5.56 Å². The number of nitrogens with zero attached hydrogens (tertiary/aromatic N) is 1. The predicted octanol–water partition coefficient (Wildman–Crippen LogP) is 3.26. The van der Waals surface area contributed by atoms with E-state index < -0.39 is 6.36 Å². The van der Waals surface area contributed by atoms with Crippen LogP contribution in [-0.2, 0) is 6.61 Å². The van der Waals surface area contributed by atoms with Gasteiger partial charge >= 0.3 is 6.36 Å². The second kappa shape index (κ2) is 5.79. The first kappa shape index (κ1) is 14.1. The summed E-state index contributed by atoms with van der Waals surface area (Å²) in [4.78, 5) is 3.93. The van der Waals surface area contributed by atoms with Gasteiger partial charge in [-0.2, -0.15) is 0 Å². The summed E-state index contributed by atoms with van der Waals surface area (Å²) in [5.41, 5.74) is 0.475. The zero-order valence-electron chi connectivity index (χ0n) is 10.1. The average molecular weight is 285 g/mol. The highest BCUT2D eigenvalue weighted by Gasteiger charge is 2.30. The lowest BCUT2D eigenvalue weighted by Crippen LogP contribution is -2.16. The highest BCUT2D eigenvalue weighted by Crippen LogP contribution is 2.27. The Hall–Kier alpha value is -2.28. The Balaban J connectivity index is 2.11. The topological polar surface area (TPSA) is 51.6 Å². The Kier molecular flexibility index (Phi) is 4.09. The molecule has 106 valence electrons. The van der Waals surface area contributed by atoms with Gasteiger partial charge in [-0.15, -0.1) is 13.2 Å². The summed E-state index contributed by atoms with van der Waals surface area (Å²) in [6.45, 7) is -0.252. The maximum Gasteiger partial charge on any atom is 0.573 e. The van der Waals surface area contributed by atoms with Crippen LogP contribution in [0.25, 0.3) is 0 Å². The number of aliphatic hydroxyl groups is 1. The van der Waals surface area contributed by atoms with E-state index in [4.69, 9.17) is 9.84 Å². The van der Waals surface area contributed by atoms with Crippen molar-refractivity contribution in [3.63, 3.8) is 0 Å². The van der Waals surface area contributed by atoms with Crippen molar-refractivity contribution < 1.29 is 27.8 Å². The molecule has 0 aliphatic carbocycles. The molecule has 0 atom stereocenters. The van der Waals surface area contributed by atoms with Crippen LogP contribution in [0.1, 0.15) is 5.56 Å². The molecule has 0 spiro atoms. The number of halogens is 3. The van der Waals surface area contributed by atoms with Gasteiger partial charge in [-0.1, -0.05) is 0 Å². The highest BCUT2D eigenvalue weighted by molar-refractivity contribution is 5.35. The summed E-state index contributed by atoms with van der Waals surface area (Å²) < 4.78 is 45.1. The van der Waals surface area contributed by atoms with Gasteiger partial charge in [0, 0.05) is 11.8 Å². The van der Waals surface area contributed by atoms with Gasteiger partial charge in [-0.25, -0.2) is 4.98 Å². The lowest BCUT2D eigenvalue weighted by Gasteiger charge is -2.10. The van der Waals surface area contributed by atoms with Gasteiger partial charge in [0.25, 0.3) is 0 Å². The summed E-state index contributed by atoms with van der Waals surface area (Å²) in [6.07, 6.45) is -3.25. The van der Waals surface area contributed by atoms with Crippen molar-refractivity contribution in [2.45, 2.75) is 13.0 Å². The van der Waals surface area contributed by atoms with E-state index in [2.05, 4.69) is 9.72 Å². The van der Waals surface area contributed by atoms with E-state index in [1.165, 1.54) is 18.3 Å². The fraction of sp³-hybridized carbons (Fsp3) is 0.154. The molecule has 1 N–H and O–H groups in total. The molecule has 1 aromatic heterocycles. The van der Waals surface area contributed by atoms with Crippen LogP contribution < -0.4 is 9.47 Å². The van der Waals surface area contributed by atoms with Gasteiger partial charge in [0.05, 0.1) is 6.61 Å². The van der Waals surface area contributed by atoms with Gasteiger partial charge in [-0.3, -0.25) is 0 Å². The van der Waals surface area contributed by atoms with Crippen molar-refractivity contribution in [1.29, 1.82) is 0 Å². The number of rotatable bonds is 4. The molecule has 0 aliphatic heterocycles. The van der Waals surface area contributed by atoms with Gasteiger partial charge in [0.2, 0.25) is 5.88 Å². The Bertz CT molecular complexity index is 570. The minimum atomic E-state index is -4.73. The Morgan fingerprint density at radius 2 is 1.70 bits per heavy atom. The first-order valence-corrected chi connectivity index (χ1v) is 5.56. The fourth-order valence-corrected chi connectivity index (χ4v) is 1.46. The van der Waals surface area contributed by atoms with Crippen LogP contribution in [0, 0.1) is 0 Å². The minimum Gasteiger partial charge on any atom is -0.439 e. The summed E-state index contributed by atoms with van der Waals surface area (Å²) in [5, 5.41) is 9.10. The predicted molar refractivity (Wildman–Crippen MR) is 63.4 cm³/mol. The third-order valence-electron chi connectivity index (χ3n) is 2.29. The van der Waals surface area contributed by atoms with Crippen LogP contribution in [0.3, 0.4) is 0 Å². The van der Waals surface area contributed by atoms with Gasteiger partial charge in [0.1, 0.15) is 11.5 Å². The van der Waals surface area contributed by atoms with Crippen molar-refractivity contribution in [3.8, 4) is 17.4 Å². The van der Waals surface area contributed by atoms with Crippen LogP contribution in [0.15, 0.2) is 42.6 Å². The smallest absolute Gasteiger partial charge is 0.439 e. The molecular formula is C13H10F3NO3. The standard InChI is InChI=1S/C13H10F3NO3/c14-13(15,16)20-11-5-3-10(4-6-11)19-12-9(8-18)2-1-7-17-12/h1-7,18H,8H2. The molecular weight excluding hydrogens is 275 g/mol. The first-order chi connectivity index (χ1) is 9.48. The Morgan fingerprint density at radius 3 is 2.30 bits per heavy atom. The van der Waals surface area contributed by atoms with Crippen LogP contribution in [0.4, 0.5) is 13.2 Å². The van der Waals surface area contributed by atoms with Crippen molar-refractivity contribution in [1.82, 2.24) is 4.98 Å². The molecule has 0 fully saturated rings. The molecule has 0 unspecified atom stereocenters. The molecule has 0 radical (unpaired) electrons. The third-order valence-corrected chi connectivity index (χ3v) is 2.29. The zero-order valence-corrected chi connectivity index (χ0v) is 10.1. The number of ether oxygens (including phenoxy) is 2. The average Bonchev–Trinajstić information content (AvgIpc) is 2.40. The summed E-state index contributed by atoms with van der Waals surface area (Å²) in [6, 6.07) is 8.16. The van der Waals surface area contributed by atoms with E-state index >= 15 is 0 Å². The number of hydrogen-bond acceptors (Lipinski definition) is 4. The van der Waals surface area contributed by atoms with E-state index in [9.17, 15) is 13.2 Å². The van der Waals surface area contributed by atoms with Crippen molar-refractivity contribution in [3.05, 3.63) is 48.2 Å². The second-order valence-electron chi connectivity index (χ2n) is 3.75. The summed E-state index contributed by atoms with van der Waals surface area (Å²) >= 11 is 0. The van der Waals surface area contributed by atoms with Crippen molar-refractivity contribution in [2.75, 3.05) is 0 Å². The molecule has 0 saturated heterocycles. The molecule has 4 nitrogen and oxygen atoms in total. The number of hydrogen-bond donors (Lipinski definition) is 1. The lowest BCUT2D eigenvalue weighted by molar-refractivity contribution is -0.274. The van der Waals surface area contributed by atoms with E-state index in [0.717, 1.165) is 12.1 Å². The van der Waals surface area contributed by atoms with Crippen LogP contribution in [-0.4, -0.2) is 16.5 Å². The van der Waals surface area contributed by atoms with E-state index in [1.54, 1.807) is 12.1 Å². The molecule has 0 amide bonds. The van der Waals surface area contributed by atoms with Gasteiger partial charge in [-0.05, 0) is 36.4 Å². The maximum absolute atomic E-state index is 12.0. The minimum absolute atomic E-state index is 0.194. The molecule has 0 saturated carbocycles. The maximum atomic E-state index is 12.0. The Labute approximate surface area is 112 Å². The molecule has 1 aromatic carbocycles. The number of aliphatic hydroxyl groups excluding tert-OH is 1. The molecule has 20 heavy (non-hydrogen) atoms. The Morgan fingerprint density at radius 1 is 1.05 bits per heavy atom. The molecule has 0 aliphatic rings. The second-order valence-corrected chi connectivity index (χ2v) is 3.75. The zero-order chi connectivity index (χ0) is 14.6. The number of pyridine rings is 1. The van der Waals surface area contributed by atoms with Crippen molar-refractivity contribution in [2.24, 2.45) is 0 Å². The highest BCUT2D eigenvalue weighted by atomic mass is 19.4. The van der Waals surface area contributed by atoms with Crippen molar-refractivity contribution >= 4 is 0 Å². The quantitative estimate of drug-likeness (QED) is 0.936. The number of alkyl halides is 3. The van der Waals surface area contributed by atoms with E-state index in [1.807, 2.05) is 0 Å². The van der Waals surface area contributed by atoms with Crippen LogP contribution in [0.5, 0.6) is 17.4 Å². The molecule has 0 bridgehead atoms. The monoisotopic (exact) mass is 285 g/mol. The number of aromatic nitrogens is 1. The van der Waals surface area contributed by atoms with Crippen LogP contribution in [0.2, 0.25) is 0 Å². The SMILES string of the molecule is OCc1cccnc1Oc1ccc(OC(F)(F)F)cc1. The molecule has 2 aromatic rings. The summed E-state index contributed by atoms with van der Waals surface area (Å²) in [5.74, 6) is 0.140. The van der Waals surface area contributed by atoms with E-state index in [-0.39, 0.29) is 24.0 Å². The van der Waals surface area contributed by atoms with Gasteiger partial charge in [0.15, 0.2) is 0 Å². The molecule has 2 rings (SSSR count). The molecule has 1 heterocycles. The lowest BCUT2D eigenvalue weighted by atomic mass is 10.3. The summed E-state index contributed by atoms with van der Waals surface area (Å²) in [7, 11) is 0. The van der Waals surface area contributed by atoms with Crippen LogP contribution >= 0.6 is 0 Å². The first-order valence-electron chi connectivity index (χ1n) is 5.56. The molecule has 7 heteroatoms. The van der Waals surface area contributed by atoms with Gasteiger partial charge < -0.3 is 14.6 Å². The third kappa shape index (κ3) is 3.86.